The van der Waals surface area contributed by atoms with E-state index >= 15 is 0 Å². The molecule has 0 amide bonds. The molecule has 4 rings (SSSR count). The standard InChI is InChI=1S/C23H25N/c1-15-16(2)24-14-18-9-7-6-8-17(18)12-22(24)20-11-10-19(13-21(15)20)23(3,4)5/h6-15H,1-5H3. The van der Waals surface area contributed by atoms with Crippen molar-refractivity contribution in [1.29, 1.82) is 0 Å². The maximum absolute atomic E-state index is 2.42. The zero-order valence-corrected chi connectivity index (χ0v) is 15.2. The van der Waals surface area contributed by atoms with Crippen molar-refractivity contribution in [3.63, 3.8) is 0 Å². The molecule has 2 aromatic carbocycles. The largest absolute Gasteiger partial charge is 0.327 e. The normalized spacial score (nSPS) is 16.9. The topological polar surface area (TPSA) is 3.88 Å². The minimum Gasteiger partial charge on any atom is -0.327 e. The molecule has 1 aliphatic heterocycles. The van der Waals surface area contributed by atoms with Crippen LogP contribution in [0.2, 0.25) is 0 Å². The van der Waals surface area contributed by atoms with Crippen LogP contribution in [0.25, 0.3) is 22.0 Å². The van der Waals surface area contributed by atoms with E-state index in [0.29, 0.717) is 5.92 Å². The molecule has 1 aromatic heterocycles. The van der Waals surface area contributed by atoms with E-state index in [2.05, 4.69) is 93.9 Å². The van der Waals surface area contributed by atoms with E-state index < -0.39 is 0 Å². The fourth-order valence-electron chi connectivity index (χ4n) is 3.74. The van der Waals surface area contributed by atoms with Gasteiger partial charge in [0, 0.05) is 5.92 Å². The Morgan fingerprint density at radius 3 is 2.38 bits per heavy atom. The van der Waals surface area contributed by atoms with Gasteiger partial charge >= 0.3 is 0 Å². The number of benzene rings is 2. The first kappa shape index (κ1) is 15.3. The summed E-state index contributed by atoms with van der Waals surface area (Å²) in [7, 11) is 0. The summed E-state index contributed by atoms with van der Waals surface area (Å²) in [5.74, 6) is 0.431. The maximum Gasteiger partial charge on any atom is 0.113 e. The molecule has 0 saturated carbocycles. The SMILES string of the molecule is C[C-]1C(C)c2cc(C(C)(C)C)ccc2-c2cc3ccccc3c[n+]21. The smallest absolute Gasteiger partial charge is 0.113 e. The van der Waals surface area contributed by atoms with Gasteiger partial charge in [-0.25, -0.2) is 0 Å². The van der Waals surface area contributed by atoms with E-state index in [9.17, 15) is 0 Å². The van der Waals surface area contributed by atoms with Crippen molar-refractivity contribution in [2.24, 2.45) is 0 Å². The minimum absolute atomic E-state index is 0.180. The van der Waals surface area contributed by atoms with Crippen molar-refractivity contribution in [2.75, 3.05) is 0 Å². The van der Waals surface area contributed by atoms with Crippen molar-refractivity contribution < 1.29 is 4.57 Å². The Balaban J connectivity index is 2.00. The van der Waals surface area contributed by atoms with Gasteiger partial charge in [0.2, 0.25) is 0 Å². The Morgan fingerprint density at radius 2 is 1.67 bits per heavy atom. The Labute approximate surface area is 145 Å². The summed E-state index contributed by atoms with van der Waals surface area (Å²) < 4.78 is 2.38. The van der Waals surface area contributed by atoms with E-state index in [1.807, 2.05) is 0 Å². The first-order valence-corrected chi connectivity index (χ1v) is 8.79. The fourth-order valence-corrected chi connectivity index (χ4v) is 3.74. The molecule has 0 saturated heterocycles. The number of rotatable bonds is 0. The van der Waals surface area contributed by atoms with Crippen molar-refractivity contribution in [1.82, 2.24) is 0 Å². The molecule has 0 N–H and O–H groups in total. The van der Waals surface area contributed by atoms with Gasteiger partial charge in [0.1, 0.15) is 5.69 Å². The molecule has 0 radical (unpaired) electrons. The molecule has 0 spiro atoms. The molecule has 122 valence electrons. The van der Waals surface area contributed by atoms with Gasteiger partial charge in [-0.3, -0.25) is 0 Å². The molecule has 1 nitrogen and oxygen atoms in total. The zero-order valence-electron chi connectivity index (χ0n) is 15.2. The Morgan fingerprint density at radius 1 is 0.958 bits per heavy atom. The fraction of sp³-hybridized carbons (Fsp3) is 0.304. The molecule has 3 aromatic rings. The van der Waals surface area contributed by atoms with Crippen LogP contribution >= 0.6 is 0 Å². The molecule has 1 atom stereocenters. The van der Waals surface area contributed by atoms with Crippen LogP contribution < -0.4 is 4.57 Å². The van der Waals surface area contributed by atoms with Crippen molar-refractivity contribution >= 4 is 10.8 Å². The van der Waals surface area contributed by atoms with Crippen LogP contribution in [0.4, 0.5) is 0 Å². The van der Waals surface area contributed by atoms with E-state index in [1.165, 1.54) is 39.2 Å². The summed E-state index contributed by atoms with van der Waals surface area (Å²) in [5.41, 5.74) is 5.72. The highest BCUT2D eigenvalue weighted by Crippen LogP contribution is 2.40. The third-order valence-electron chi connectivity index (χ3n) is 5.48. The summed E-state index contributed by atoms with van der Waals surface area (Å²) in [6, 6.07) is 19.4. The number of nitrogens with zero attached hydrogens (tertiary/aromatic N) is 1. The number of aromatic nitrogens is 1. The van der Waals surface area contributed by atoms with Crippen LogP contribution in [0.3, 0.4) is 0 Å². The van der Waals surface area contributed by atoms with Gasteiger partial charge < -0.3 is 4.57 Å². The van der Waals surface area contributed by atoms with Gasteiger partial charge in [-0.05, 0) is 45.9 Å². The lowest BCUT2D eigenvalue weighted by atomic mass is 9.79. The van der Waals surface area contributed by atoms with Gasteiger partial charge in [-0.2, -0.15) is 0 Å². The summed E-state index contributed by atoms with van der Waals surface area (Å²) >= 11 is 0. The van der Waals surface area contributed by atoms with E-state index in [-0.39, 0.29) is 5.41 Å². The molecule has 0 aliphatic carbocycles. The number of fused-ring (bicyclic) bond motifs is 4. The van der Waals surface area contributed by atoms with Crippen LogP contribution in [-0.2, 0) is 5.41 Å². The molecule has 0 fully saturated rings. The van der Waals surface area contributed by atoms with Gasteiger partial charge in [0.05, 0.1) is 12.2 Å². The predicted molar refractivity (Wildman–Crippen MR) is 101 cm³/mol. The third kappa shape index (κ3) is 2.23. The second-order valence-electron chi connectivity index (χ2n) is 8.07. The molecule has 2 heterocycles. The van der Waals surface area contributed by atoms with E-state index in [4.69, 9.17) is 0 Å². The molecular formula is C23H25N. The lowest BCUT2D eigenvalue weighted by Gasteiger charge is -2.34. The average molecular weight is 315 g/mol. The Hall–Kier alpha value is -2.28. The Kier molecular flexibility index (Phi) is 3.25. The van der Waals surface area contributed by atoms with Gasteiger partial charge in [0.25, 0.3) is 0 Å². The molecular weight excluding hydrogens is 290 g/mol. The van der Waals surface area contributed by atoms with Crippen molar-refractivity contribution in [3.8, 4) is 11.3 Å². The van der Waals surface area contributed by atoms with Crippen LogP contribution in [0.15, 0.2) is 54.7 Å². The highest BCUT2D eigenvalue weighted by molar-refractivity contribution is 5.84. The summed E-state index contributed by atoms with van der Waals surface area (Å²) in [6.07, 6.45) is 2.29. The third-order valence-corrected chi connectivity index (χ3v) is 5.48. The first-order valence-electron chi connectivity index (χ1n) is 8.79. The summed E-state index contributed by atoms with van der Waals surface area (Å²) in [5, 5.41) is 2.60. The lowest BCUT2D eigenvalue weighted by Crippen LogP contribution is -2.46. The average Bonchev–Trinajstić information content (AvgIpc) is 2.57. The second kappa shape index (κ2) is 5.11. The van der Waals surface area contributed by atoms with Crippen molar-refractivity contribution in [3.05, 3.63) is 71.9 Å². The summed E-state index contributed by atoms with van der Waals surface area (Å²) in [6.45, 7) is 11.4. The molecule has 1 heteroatoms. The second-order valence-corrected chi connectivity index (χ2v) is 8.07. The molecule has 24 heavy (non-hydrogen) atoms. The highest BCUT2D eigenvalue weighted by atomic mass is 15.0. The lowest BCUT2D eigenvalue weighted by molar-refractivity contribution is -0.649. The quantitative estimate of drug-likeness (QED) is 0.375. The number of hydrogen-bond donors (Lipinski definition) is 0. The van der Waals surface area contributed by atoms with Gasteiger partial charge in [-0.1, -0.05) is 70.2 Å². The predicted octanol–water partition coefficient (Wildman–Crippen LogP) is 5.61. The monoisotopic (exact) mass is 315 g/mol. The van der Waals surface area contributed by atoms with Crippen LogP contribution in [0.1, 0.15) is 51.7 Å². The highest BCUT2D eigenvalue weighted by Gasteiger charge is 2.29. The minimum atomic E-state index is 0.180. The first-order chi connectivity index (χ1) is 11.4. The van der Waals surface area contributed by atoms with Crippen LogP contribution in [0, 0.1) is 6.04 Å². The zero-order chi connectivity index (χ0) is 17.1. The van der Waals surface area contributed by atoms with E-state index in [1.54, 1.807) is 0 Å². The molecule has 0 bridgehead atoms. The van der Waals surface area contributed by atoms with E-state index in [0.717, 1.165) is 0 Å². The number of hydrogen-bond acceptors (Lipinski definition) is 0. The molecule has 1 aliphatic rings. The molecule has 1 unspecified atom stereocenters. The van der Waals surface area contributed by atoms with Crippen LogP contribution in [-0.4, -0.2) is 0 Å². The maximum atomic E-state index is 2.42. The summed E-state index contributed by atoms with van der Waals surface area (Å²) in [4.78, 5) is 0. The number of pyridine rings is 1. The Bertz CT molecular complexity index is 930. The van der Waals surface area contributed by atoms with Crippen molar-refractivity contribution in [2.45, 2.75) is 46.0 Å². The van der Waals surface area contributed by atoms with Gasteiger partial charge in [-0.15, -0.1) is 0 Å². The van der Waals surface area contributed by atoms with Gasteiger partial charge in [0.15, 0.2) is 0 Å². The van der Waals surface area contributed by atoms with Crippen LogP contribution in [0.5, 0.6) is 0 Å².